The molecule has 0 aliphatic carbocycles. The minimum atomic E-state index is -0.702. The maximum Gasteiger partial charge on any atom is 0.259 e. The van der Waals surface area contributed by atoms with E-state index in [4.69, 9.17) is 23.2 Å². The summed E-state index contributed by atoms with van der Waals surface area (Å²) in [5.74, 6) is -1.25. The summed E-state index contributed by atoms with van der Waals surface area (Å²) in [6.45, 7) is 2.08. The molecule has 2 rings (SSSR count). The van der Waals surface area contributed by atoms with Crippen LogP contribution in [0.4, 0.5) is 9.52 Å². The van der Waals surface area contributed by atoms with Gasteiger partial charge in [0.25, 0.3) is 5.91 Å². The van der Waals surface area contributed by atoms with E-state index in [1.165, 1.54) is 17.4 Å². The van der Waals surface area contributed by atoms with Gasteiger partial charge in [0.05, 0.1) is 15.6 Å². The van der Waals surface area contributed by atoms with Crippen molar-refractivity contribution in [2.24, 2.45) is 0 Å². The van der Waals surface area contributed by atoms with Gasteiger partial charge >= 0.3 is 0 Å². The van der Waals surface area contributed by atoms with Gasteiger partial charge in [-0.05, 0) is 18.6 Å². The fourth-order valence-electron chi connectivity index (χ4n) is 1.59. The Hall–Kier alpha value is -1.24. The number of aromatic nitrogens is 2. The molecule has 1 aromatic carbocycles. The molecule has 4 nitrogen and oxygen atoms in total. The average Bonchev–Trinajstić information content (AvgIpc) is 2.88. The number of halogens is 3. The number of hydrogen-bond acceptors (Lipinski definition) is 4. The van der Waals surface area contributed by atoms with Gasteiger partial charge in [-0.15, -0.1) is 10.2 Å². The van der Waals surface area contributed by atoms with Crippen molar-refractivity contribution in [1.29, 1.82) is 0 Å². The van der Waals surface area contributed by atoms with Gasteiger partial charge in [-0.2, -0.15) is 0 Å². The lowest BCUT2D eigenvalue weighted by Crippen LogP contribution is -2.12. The molecule has 0 unspecified atom stereocenters. The minimum absolute atomic E-state index is 0.00359. The average molecular weight is 348 g/mol. The third-order valence-corrected chi connectivity index (χ3v) is 4.19. The SMILES string of the molecule is CCCCc1nnc(NC(=O)c2cc(F)c(Cl)cc2Cl)s1. The molecule has 21 heavy (non-hydrogen) atoms. The van der Waals surface area contributed by atoms with Crippen molar-refractivity contribution in [2.45, 2.75) is 26.2 Å². The lowest BCUT2D eigenvalue weighted by Gasteiger charge is -2.05. The predicted molar refractivity (Wildman–Crippen MR) is 82.9 cm³/mol. The molecule has 2 aromatic rings. The zero-order valence-corrected chi connectivity index (χ0v) is 13.4. The lowest BCUT2D eigenvalue weighted by molar-refractivity contribution is 0.102. The molecule has 112 valence electrons. The van der Waals surface area contributed by atoms with Crippen LogP contribution < -0.4 is 5.32 Å². The van der Waals surface area contributed by atoms with Crippen LogP contribution >= 0.6 is 34.5 Å². The molecule has 1 amide bonds. The number of carbonyl (C=O) groups is 1. The molecule has 0 fully saturated rings. The third-order valence-electron chi connectivity index (χ3n) is 2.69. The van der Waals surface area contributed by atoms with Gasteiger partial charge in [-0.3, -0.25) is 10.1 Å². The van der Waals surface area contributed by atoms with Crippen LogP contribution in [0.15, 0.2) is 12.1 Å². The van der Waals surface area contributed by atoms with E-state index < -0.39 is 11.7 Å². The Labute approximate surface area is 135 Å². The standard InChI is InChI=1S/C13H12Cl2FN3OS/c1-2-3-4-11-18-19-13(21-11)17-12(20)7-5-10(16)9(15)6-8(7)14/h5-6H,2-4H2,1H3,(H,17,19,20). The van der Waals surface area contributed by atoms with Crippen LogP contribution in [0.1, 0.15) is 35.1 Å². The van der Waals surface area contributed by atoms with Crippen molar-refractivity contribution >= 4 is 45.6 Å². The number of anilines is 1. The first-order chi connectivity index (χ1) is 10.0. The molecule has 0 saturated carbocycles. The first kappa shape index (κ1) is 16.1. The Morgan fingerprint density at radius 3 is 2.81 bits per heavy atom. The summed E-state index contributed by atoms with van der Waals surface area (Å²) in [5, 5.41) is 11.6. The highest BCUT2D eigenvalue weighted by molar-refractivity contribution is 7.15. The fourth-order valence-corrected chi connectivity index (χ4v) is 2.84. The molecule has 0 atom stereocenters. The number of unbranched alkanes of at least 4 members (excludes halogenated alkanes) is 1. The van der Waals surface area contributed by atoms with E-state index in [0.717, 1.165) is 30.3 Å². The van der Waals surface area contributed by atoms with Gasteiger partial charge in [0.2, 0.25) is 5.13 Å². The van der Waals surface area contributed by atoms with Crippen LogP contribution in [0.25, 0.3) is 0 Å². The van der Waals surface area contributed by atoms with Crippen molar-refractivity contribution in [3.05, 3.63) is 38.6 Å². The summed E-state index contributed by atoms with van der Waals surface area (Å²) in [6, 6.07) is 2.19. The van der Waals surface area contributed by atoms with Gasteiger partial charge in [0.1, 0.15) is 10.8 Å². The predicted octanol–water partition coefficient (Wildman–Crippen LogP) is 4.58. The largest absolute Gasteiger partial charge is 0.296 e. The van der Waals surface area contributed by atoms with Crippen LogP contribution in [0, 0.1) is 5.82 Å². The smallest absolute Gasteiger partial charge is 0.259 e. The second-order valence-corrected chi connectivity index (χ2v) is 6.18. The quantitative estimate of drug-likeness (QED) is 0.805. The van der Waals surface area contributed by atoms with Crippen LogP contribution in [-0.2, 0) is 6.42 Å². The highest BCUT2D eigenvalue weighted by atomic mass is 35.5. The zero-order chi connectivity index (χ0) is 15.4. The maximum absolute atomic E-state index is 13.4. The van der Waals surface area contributed by atoms with Crippen LogP contribution in [0.5, 0.6) is 0 Å². The summed E-state index contributed by atoms with van der Waals surface area (Å²) >= 11 is 12.8. The molecule has 0 radical (unpaired) electrons. The van der Waals surface area contributed by atoms with Crippen LogP contribution in [0.3, 0.4) is 0 Å². The number of carbonyl (C=O) groups excluding carboxylic acids is 1. The number of aryl methyl sites for hydroxylation is 1. The van der Waals surface area contributed by atoms with Gasteiger partial charge in [-0.25, -0.2) is 4.39 Å². The fraction of sp³-hybridized carbons (Fsp3) is 0.308. The molecule has 1 aromatic heterocycles. The second kappa shape index (κ2) is 7.15. The molecule has 0 saturated heterocycles. The summed E-state index contributed by atoms with van der Waals surface area (Å²) in [6.07, 6.45) is 2.89. The maximum atomic E-state index is 13.4. The molecule has 0 spiro atoms. The number of amides is 1. The summed E-state index contributed by atoms with van der Waals surface area (Å²) in [5.41, 5.74) is 0.00359. The van der Waals surface area contributed by atoms with E-state index in [1.807, 2.05) is 0 Å². The first-order valence-electron chi connectivity index (χ1n) is 6.29. The van der Waals surface area contributed by atoms with Crippen LogP contribution in [0.2, 0.25) is 10.0 Å². The molecule has 1 heterocycles. The molecule has 0 aliphatic heterocycles. The Balaban J connectivity index is 2.11. The Morgan fingerprint density at radius 2 is 2.10 bits per heavy atom. The third kappa shape index (κ3) is 4.12. The number of benzene rings is 1. The van der Waals surface area contributed by atoms with Crippen molar-refractivity contribution in [2.75, 3.05) is 5.32 Å². The zero-order valence-electron chi connectivity index (χ0n) is 11.1. The molecule has 0 bridgehead atoms. The van der Waals surface area contributed by atoms with Gasteiger partial charge in [-0.1, -0.05) is 47.9 Å². The number of nitrogens with zero attached hydrogens (tertiary/aromatic N) is 2. The molecule has 1 N–H and O–H groups in total. The molecule has 8 heteroatoms. The van der Waals surface area contributed by atoms with Crippen molar-refractivity contribution in [1.82, 2.24) is 10.2 Å². The Morgan fingerprint density at radius 1 is 1.33 bits per heavy atom. The number of hydrogen-bond donors (Lipinski definition) is 1. The monoisotopic (exact) mass is 347 g/mol. The van der Waals surface area contributed by atoms with Crippen molar-refractivity contribution in [3.63, 3.8) is 0 Å². The van der Waals surface area contributed by atoms with E-state index in [-0.39, 0.29) is 15.6 Å². The highest BCUT2D eigenvalue weighted by Gasteiger charge is 2.16. The van der Waals surface area contributed by atoms with E-state index >= 15 is 0 Å². The number of nitrogens with one attached hydrogen (secondary N) is 1. The van der Waals surface area contributed by atoms with Gasteiger partial charge in [0.15, 0.2) is 0 Å². The number of rotatable bonds is 5. The minimum Gasteiger partial charge on any atom is -0.296 e. The summed E-state index contributed by atoms with van der Waals surface area (Å²) in [7, 11) is 0. The molecule has 0 aliphatic rings. The van der Waals surface area contributed by atoms with E-state index in [2.05, 4.69) is 22.4 Å². The second-order valence-electron chi connectivity index (χ2n) is 4.30. The van der Waals surface area contributed by atoms with E-state index in [1.54, 1.807) is 0 Å². The Bertz CT molecular complexity index is 663. The van der Waals surface area contributed by atoms with Gasteiger partial charge < -0.3 is 0 Å². The Kier molecular flexibility index (Phi) is 5.50. The van der Waals surface area contributed by atoms with Gasteiger partial charge in [0, 0.05) is 6.42 Å². The van der Waals surface area contributed by atoms with E-state index in [9.17, 15) is 9.18 Å². The highest BCUT2D eigenvalue weighted by Crippen LogP contribution is 2.25. The topological polar surface area (TPSA) is 54.9 Å². The molecular formula is C13H12Cl2FN3OS. The first-order valence-corrected chi connectivity index (χ1v) is 7.86. The van der Waals surface area contributed by atoms with Crippen molar-refractivity contribution in [3.8, 4) is 0 Å². The molecular weight excluding hydrogens is 336 g/mol. The van der Waals surface area contributed by atoms with E-state index in [0.29, 0.717) is 5.13 Å². The van der Waals surface area contributed by atoms with Crippen molar-refractivity contribution < 1.29 is 9.18 Å². The summed E-state index contributed by atoms with van der Waals surface area (Å²) in [4.78, 5) is 12.1. The summed E-state index contributed by atoms with van der Waals surface area (Å²) < 4.78 is 13.4. The normalized spacial score (nSPS) is 10.7. The lowest BCUT2D eigenvalue weighted by atomic mass is 10.2. The van der Waals surface area contributed by atoms with Crippen LogP contribution in [-0.4, -0.2) is 16.1 Å².